The highest BCUT2D eigenvalue weighted by molar-refractivity contribution is 4.94. The van der Waals surface area contributed by atoms with Gasteiger partial charge in [-0.2, -0.15) is 0 Å². The lowest BCUT2D eigenvalue weighted by molar-refractivity contribution is 0.132. The molecule has 17 heavy (non-hydrogen) atoms. The average Bonchev–Trinajstić information content (AvgIpc) is 2.99. The molecule has 0 aliphatic carbocycles. The van der Waals surface area contributed by atoms with Crippen molar-refractivity contribution in [2.45, 2.75) is 31.0 Å². The van der Waals surface area contributed by atoms with E-state index in [1.165, 1.54) is 12.8 Å². The molecule has 2 unspecified atom stereocenters. The van der Waals surface area contributed by atoms with Crippen LogP contribution in [0.25, 0.3) is 0 Å². The van der Waals surface area contributed by atoms with Crippen molar-refractivity contribution in [3.8, 4) is 0 Å². The van der Waals surface area contributed by atoms with Crippen LogP contribution in [0.3, 0.4) is 0 Å². The predicted octanol–water partition coefficient (Wildman–Crippen LogP) is -0.147. The SMILES string of the molecule is OC1CN(C2CCNCC2)CC1n1ccnc1. The molecule has 0 spiro atoms. The normalized spacial score (nSPS) is 32.1. The first-order valence-electron chi connectivity index (χ1n) is 6.45. The number of β-amino-alcohol motifs (C(OH)–C–C–N with tert-alkyl or cyclic N) is 1. The van der Waals surface area contributed by atoms with Gasteiger partial charge in [0.2, 0.25) is 0 Å². The monoisotopic (exact) mass is 236 g/mol. The van der Waals surface area contributed by atoms with E-state index in [9.17, 15) is 5.11 Å². The van der Waals surface area contributed by atoms with Gasteiger partial charge in [-0.25, -0.2) is 4.98 Å². The number of aromatic nitrogens is 2. The van der Waals surface area contributed by atoms with Crippen molar-refractivity contribution < 1.29 is 5.11 Å². The highest BCUT2D eigenvalue weighted by Gasteiger charge is 2.36. The molecule has 0 bridgehead atoms. The van der Waals surface area contributed by atoms with Gasteiger partial charge in [0.15, 0.2) is 0 Å². The minimum atomic E-state index is -0.265. The summed E-state index contributed by atoms with van der Waals surface area (Å²) in [4.78, 5) is 6.50. The number of nitrogens with one attached hydrogen (secondary N) is 1. The zero-order valence-corrected chi connectivity index (χ0v) is 10.00. The molecule has 2 atom stereocenters. The third-order valence-corrected chi connectivity index (χ3v) is 4.02. The van der Waals surface area contributed by atoms with Crippen LogP contribution in [0.4, 0.5) is 0 Å². The van der Waals surface area contributed by atoms with Crippen LogP contribution in [-0.4, -0.2) is 57.9 Å². The summed E-state index contributed by atoms with van der Waals surface area (Å²) in [6.45, 7) is 3.95. The molecular formula is C12H20N4O. The van der Waals surface area contributed by atoms with Crippen LogP contribution in [0.15, 0.2) is 18.7 Å². The molecular weight excluding hydrogens is 216 g/mol. The number of nitrogens with zero attached hydrogens (tertiary/aromatic N) is 3. The van der Waals surface area contributed by atoms with Crippen LogP contribution >= 0.6 is 0 Å². The third kappa shape index (κ3) is 2.22. The number of piperidine rings is 1. The molecule has 1 aromatic heterocycles. The zero-order valence-electron chi connectivity index (χ0n) is 10.00. The van der Waals surface area contributed by atoms with Gasteiger partial charge < -0.3 is 15.0 Å². The Morgan fingerprint density at radius 2 is 2.06 bits per heavy atom. The van der Waals surface area contributed by atoms with Crippen molar-refractivity contribution in [2.75, 3.05) is 26.2 Å². The molecule has 2 aliphatic heterocycles. The second-order valence-electron chi connectivity index (χ2n) is 5.08. The first-order chi connectivity index (χ1) is 8.34. The van der Waals surface area contributed by atoms with Gasteiger partial charge in [0.05, 0.1) is 18.5 Å². The maximum Gasteiger partial charge on any atom is 0.0949 e. The van der Waals surface area contributed by atoms with Gasteiger partial charge in [0.1, 0.15) is 0 Å². The number of imidazole rings is 1. The van der Waals surface area contributed by atoms with Crippen LogP contribution < -0.4 is 5.32 Å². The van der Waals surface area contributed by atoms with Crippen molar-refractivity contribution in [3.05, 3.63) is 18.7 Å². The van der Waals surface area contributed by atoms with Crippen molar-refractivity contribution in [1.29, 1.82) is 0 Å². The molecule has 2 fully saturated rings. The molecule has 0 radical (unpaired) electrons. The molecule has 2 saturated heterocycles. The number of rotatable bonds is 2. The molecule has 3 heterocycles. The Labute approximate surface area is 101 Å². The van der Waals surface area contributed by atoms with Crippen molar-refractivity contribution in [1.82, 2.24) is 19.8 Å². The topological polar surface area (TPSA) is 53.3 Å². The molecule has 0 saturated carbocycles. The quantitative estimate of drug-likeness (QED) is 0.750. The number of aliphatic hydroxyl groups is 1. The van der Waals surface area contributed by atoms with Crippen molar-refractivity contribution in [3.63, 3.8) is 0 Å². The van der Waals surface area contributed by atoms with Gasteiger partial charge >= 0.3 is 0 Å². The molecule has 5 nitrogen and oxygen atoms in total. The summed E-state index contributed by atoms with van der Waals surface area (Å²) in [7, 11) is 0. The van der Waals surface area contributed by atoms with E-state index in [0.717, 1.165) is 26.2 Å². The maximum atomic E-state index is 10.2. The Kier molecular flexibility index (Phi) is 3.13. The molecule has 0 amide bonds. The van der Waals surface area contributed by atoms with E-state index in [4.69, 9.17) is 0 Å². The van der Waals surface area contributed by atoms with Gasteiger partial charge in [0, 0.05) is 31.5 Å². The van der Waals surface area contributed by atoms with Crippen LogP contribution in [0.1, 0.15) is 18.9 Å². The zero-order chi connectivity index (χ0) is 11.7. The lowest BCUT2D eigenvalue weighted by Gasteiger charge is -2.31. The Morgan fingerprint density at radius 3 is 2.76 bits per heavy atom. The first kappa shape index (κ1) is 11.2. The Morgan fingerprint density at radius 1 is 1.24 bits per heavy atom. The fourth-order valence-electron chi connectivity index (χ4n) is 3.03. The summed E-state index contributed by atoms with van der Waals surface area (Å²) in [6, 6.07) is 0.812. The molecule has 0 aromatic carbocycles. The molecule has 1 aromatic rings. The number of hydrogen-bond acceptors (Lipinski definition) is 4. The standard InChI is InChI=1S/C12H20N4O/c17-12-8-16(10-1-3-13-4-2-10)7-11(12)15-6-5-14-9-15/h5-6,9-13,17H,1-4,7-8H2. The van der Waals surface area contributed by atoms with Crippen LogP contribution in [0.2, 0.25) is 0 Å². The molecule has 2 aliphatic rings. The van der Waals surface area contributed by atoms with E-state index in [-0.39, 0.29) is 12.1 Å². The third-order valence-electron chi connectivity index (χ3n) is 4.02. The molecule has 3 rings (SSSR count). The van der Waals surface area contributed by atoms with Gasteiger partial charge in [-0.3, -0.25) is 4.90 Å². The summed E-state index contributed by atoms with van der Waals surface area (Å²) in [5.74, 6) is 0. The van der Waals surface area contributed by atoms with E-state index in [2.05, 4.69) is 15.2 Å². The Bertz CT molecular complexity index is 347. The van der Waals surface area contributed by atoms with Crippen molar-refractivity contribution >= 4 is 0 Å². The smallest absolute Gasteiger partial charge is 0.0949 e. The summed E-state index contributed by atoms with van der Waals surface area (Å²) in [5, 5.41) is 13.5. The number of hydrogen-bond donors (Lipinski definition) is 2. The lowest BCUT2D eigenvalue weighted by Crippen LogP contribution is -2.42. The van der Waals surface area contributed by atoms with Gasteiger partial charge in [-0.1, -0.05) is 0 Å². The maximum absolute atomic E-state index is 10.2. The van der Waals surface area contributed by atoms with Crippen LogP contribution in [0, 0.1) is 0 Å². The van der Waals surface area contributed by atoms with Crippen molar-refractivity contribution in [2.24, 2.45) is 0 Å². The minimum absolute atomic E-state index is 0.174. The number of aliphatic hydroxyl groups excluding tert-OH is 1. The lowest BCUT2D eigenvalue weighted by atomic mass is 10.1. The summed E-state index contributed by atoms with van der Waals surface area (Å²) in [6.07, 6.45) is 7.66. The average molecular weight is 236 g/mol. The van der Waals surface area contributed by atoms with Gasteiger partial charge in [-0.05, 0) is 25.9 Å². The van der Waals surface area contributed by atoms with Crippen LogP contribution in [0.5, 0.6) is 0 Å². The second-order valence-corrected chi connectivity index (χ2v) is 5.08. The van der Waals surface area contributed by atoms with Crippen LogP contribution in [-0.2, 0) is 0 Å². The first-order valence-corrected chi connectivity index (χ1v) is 6.45. The Hall–Kier alpha value is -0.910. The molecule has 94 valence electrons. The Balaban J connectivity index is 1.66. The van der Waals surface area contributed by atoms with E-state index in [1.54, 1.807) is 12.5 Å². The summed E-state index contributed by atoms with van der Waals surface area (Å²) >= 11 is 0. The summed E-state index contributed by atoms with van der Waals surface area (Å²) in [5.41, 5.74) is 0. The highest BCUT2D eigenvalue weighted by Crippen LogP contribution is 2.26. The van der Waals surface area contributed by atoms with E-state index in [0.29, 0.717) is 6.04 Å². The fraction of sp³-hybridized carbons (Fsp3) is 0.750. The molecule has 5 heteroatoms. The molecule has 2 N–H and O–H groups in total. The summed E-state index contributed by atoms with van der Waals surface area (Å²) < 4.78 is 2.03. The number of likely N-dealkylation sites (tertiary alicyclic amines) is 1. The largest absolute Gasteiger partial charge is 0.390 e. The second kappa shape index (κ2) is 4.76. The van der Waals surface area contributed by atoms with Gasteiger partial charge in [0.25, 0.3) is 0 Å². The van der Waals surface area contributed by atoms with E-state index < -0.39 is 0 Å². The highest BCUT2D eigenvalue weighted by atomic mass is 16.3. The van der Waals surface area contributed by atoms with E-state index >= 15 is 0 Å². The minimum Gasteiger partial charge on any atom is -0.390 e. The predicted molar refractivity (Wildman–Crippen MR) is 64.7 cm³/mol. The van der Waals surface area contributed by atoms with Gasteiger partial charge in [-0.15, -0.1) is 0 Å². The van der Waals surface area contributed by atoms with E-state index in [1.807, 2.05) is 10.8 Å². The fourth-order valence-corrected chi connectivity index (χ4v) is 3.03.